The number of nitrogens with one attached hydrogen (secondary N) is 1. The van der Waals surface area contributed by atoms with Gasteiger partial charge in [-0.3, -0.25) is 9.59 Å². The third kappa shape index (κ3) is 2.48. The van der Waals surface area contributed by atoms with Gasteiger partial charge in [0.1, 0.15) is 5.82 Å². The van der Waals surface area contributed by atoms with Gasteiger partial charge in [0.15, 0.2) is 5.78 Å². The van der Waals surface area contributed by atoms with Crippen molar-refractivity contribution in [1.29, 1.82) is 0 Å². The van der Waals surface area contributed by atoms with E-state index >= 15 is 0 Å². The molecule has 6 heteroatoms. The van der Waals surface area contributed by atoms with E-state index in [0.717, 1.165) is 12.1 Å². The van der Waals surface area contributed by atoms with Gasteiger partial charge in [-0.05, 0) is 35.9 Å². The number of hydrogen-bond acceptors (Lipinski definition) is 3. The van der Waals surface area contributed by atoms with Crippen molar-refractivity contribution in [1.82, 2.24) is 0 Å². The van der Waals surface area contributed by atoms with E-state index in [2.05, 4.69) is 5.32 Å². The average molecular weight is 305 g/mol. The number of rotatable bonds is 2. The average Bonchev–Trinajstić information content (AvgIpc) is 2.75. The number of anilines is 2. The van der Waals surface area contributed by atoms with E-state index in [4.69, 9.17) is 17.3 Å². The first-order valence-corrected chi connectivity index (χ1v) is 6.55. The van der Waals surface area contributed by atoms with Gasteiger partial charge in [-0.1, -0.05) is 11.6 Å². The van der Waals surface area contributed by atoms with Crippen molar-refractivity contribution in [3.05, 3.63) is 57.9 Å². The van der Waals surface area contributed by atoms with Crippen LogP contribution in [0.4, 0.5) is 15.8 Å². The van der Waals surface area contributed by atoms with Crippen molar-refractivity contribution in [2.45, 2.75) is 6.42 Å². The molecule has 0 aromatic heterocycles. The van der Waals surface area contributed by atoms with Crippen LogP contribution in [0.25, 0.3) is 0 Å². The zero-order valence-corrected chi connectivity index (χ0v) is 11.5. The van der Waals surface area contributed by atoms with Gasteiger partial charge in [-0.2, -0.15) is 0 Å². The summed E-state index contributed by atoms with van der Waals surface area (Å²) in [5.74, 6) is -1.18. The molecule has 0 saturated heterocycles. The van der Waals surface area contributed by atoms with Crippen LogP contribution in [-0.4, -0.2) is 11.7 Å². The standard InChI is InChI=1S/C15H10ClFN2O2/c16-12-6-13-7(4-14(20)19-13)3-11(12)15(21)8-1-9(17)5-10(18)2-8/h1-3,5-6H,4,18H2,(H,19,20). The summed E-state index contributed by atoms with van der Waals surface area (Å²) in [6.45, 7) is 0. The first-order valence-electron chi connectivity index (χ1n) is 6.17. The SMILES string of the molecule is Nc1cc(F)cc(C(=O)c2cc3c(cc2Cl)NC(=O)C3)c1. The highest BCUT2D eigenvalue weighted by Crippen LogP contribution is 2.31. The number of benzene rings is 2. The van der Waals surface area contributed by atoms with Gasteiger partial charge < -0.3 is 11.1 Å². The molecule has 0 atom stereocenters. The second kappa shape index (κ2) is 4.86. The zero-order valence-electron chi connectivity index (χ0n) is 10.7. The highest BCUT2D eigenvalue weighted by molar-refractivity contribution is 6.35. The molecule has 3 N–H and O–H groups in total. The van der Waals surface area contributed by atoms with Gasteiger partial charge in [0.05, 0.1) is 11.4 Å². The maximum Gasteiger partial charge on any atom is 0.228 e. The number of halogens is 2. The number of carbonyl (C=O) groups is 2. The Morgan fingerprint density at radius 2 is 2.00 bits per heavy atom. The summed E-state index contributed by atoms with van der Waals surface area (Å²) in [6.07, 6.45) is 0.193. The molecule has 106 valence electrons. The lowest BCUT2D eigenvalue weighted by Crippen LogP contribution is -2.05. The molecule has 4 nitrogen and oxygen atoms in total. The van der Waals surface area contributed by atoms with Crippen LogP contribution < -0.4 is 11.1 Å². The minimum Gasteiger partial charge on any atom is -0.399 e. The molecule has 1 aliphatic rings. The maximum atomic E-state index is 13.4. The molecule has 3 rings (SSSR count). The van der Waals surface area contributed by atoms with Crippen LogP contribution in [0.1, 0.15) is 21.5 Å². The number of nitrogen functional groups attached to an aromatic ring is 1. The normalized spacial score (nSPS) is 13.0. The lowest BCUT2D eigenvalue weighted by Gasteiger charge is -2.08. The Kier molecular flexibility index (Phi) is 3.14. The van der Waals surface area contributed by atoms with Crippen LogP contribution in [0.3, 0.4) is 0 Å². The van der Waals surface area contributed by atoms with E-state index in [1.807, 2.05) is 0 Å². The fraction of sp³-hybridized carbons (Fsp3) is 0.0667. The van der Waals surface area contributed by atoms with Crippen molar-refractivity contribution in [2.75, 3.05) is 11.1 Å². The summed E-state index contributed by atoms with van der Waals surface area (Å²) in [5.41, 5.74) is 7.33. The van der Waals surface area contributed by atoms with Gasteiger partial charge in [-0.25, -0.2) is 4.39 Å². The van der Waals surface area contributed by atoms with Crippen LogP contribution in [-0.2, 0) is 11.2 Å². The van der Waals surface area contributed by atoms with E-state index < -0.39 is 11.6 Å². The summed E-state index contributed by atoms with van der Waals surface area (Å²) >= 11 is 6.08. The molecule has 1 amide bonds. The number of hydrogen-bond donors (Lipinski definition) is 2. The second-order valence-corrected chi connectivity index (χ2v) is 5.22. The molecule has 0 saturated carbocycles. The fourth-order valence-corrected chi connectivity index (χ4v) is 2.57. The molecule has 2 aromatic carbocycles. The second-order valence-electron chi connectivity index (χ2n) is 4.82. The van der Waals surface area contributed by atoms with Crippen LogP contribution >= 0.6 is 11.6 Å². The lowest BCUT2D eigenvalue weighted by atomic mass is 9.99. The van der Waals surface area contributed by atoms with Gasteiger partial charge in [0.25, 0.3) is 0 Å². The Labute approximate surface area is 124 Å². The minimum atomic E-state index is -0.590. The molecule has 0 spiro atoms. The van der Waals surface area contributed by atoms with Crippen molar-refractivity contribution < 1.29 is 14.0 Å². The Balaban J connectivity index is 2.06. The lowest BCUT2D eigenvalue weighted by molar-refractivity contribution is -0.115. The predicted molar refractivity (Wildman–Crippen MR) is 78.0 cm³/mol. The fourth-order valence-electron chi connectivity index (χ4n) is 2.32. The minimum absolute atomic E-state index is 0.117. The number of carbonyl (C=O) groups excluding carboxylic acids is 2. The molecule has 0 radical (unpaired) electrons. The Morgan fingerprint density at radius 1 is 1.24 bits per heavy atom. The van der Waals surface area contributed by atoms with Crippen molar-refractivity contribution in [3.8, 4) is 0 Å². The topological polar surface area (TPSA) is 72.2 Å². The molecule has 1 heterocycles. The number of amides is 1. The van der Waals surface area contributed by atoms with Crippen LogP contribution in [0.15, 0.2) is 30.3 Å². The number of nitrogens with two attached hydrogens (primary N) is 1. The van der Waals surface area contributed by atoms with E-state index in [1.54, 1.807) is 6.07 Å². The molecular weight excluding hydrogens is 295 g/mol. The third-order valence-corrected chi connectivity index (χ3v) is 3.56. The van der Waals surface area contributed by atoms with Crippen LogP contribution in [0.2, 0.25) is 5.02 Å². The largest absolute Gasteiger partial charge is 0.399 e. The quantitative estimate of drug-likeness (QED) is 0.662. The van der Waals surface area contributed by atoms with Gasteiger partial charge >= 0.3 is 0 Å². The maximum absolute atomic E-state index is 13.4. The zero-order chi connectivity index (χ0) is 15.1. The van der Waals surface area contributed by atoms with Crippen molar-refractivity contribution >= 4 is 34.7 Å². The summed E-state index contributed by atoms with van der Waals surface area (Å²) < 4.78 is 13.4. The monoisotopic (exact) mass is 304 g/mol. The van der Waals surface area contributed by atoms with Crippen LogP contribution in [0, 0.1) is 5.82 Å². The van der Waals surface area contributed by atoms with Crippen molar-refractivity contribution in [3.63, 3.8) is 0 Å². The molecule has 2 aromatic rings. The number of ketones is 1. The summed E-state index contributed by atoms with van der Waals surface area (Å²) in [7, 11) is 0. The van der Waals surface area contributed by atoms with Gasteiger partial charge in [-0.15, -0.1) is 0 Å². The Morgan fingerprint density at radius 3 is 2.71 bits per heavy atom. The van der Waals surface area contributed by atoms with E-state index in [9.17, 15) is 14.0 Å². The summed E-state index contributed by atoms with van der Waals surface area (Å²) in [5, 5.41) is 2.85. The van der Waals surface area contributed by atoms with E-state index in [-0.39, 0.29) is 34.2 Å². The van der Waals surface area contributed by atoms with E-state index in [0.29, 0.717) is 11.3 Å². The van der Waals surface area contributed by atoms with Crippen molar-refractivity contribution in [2.24, 2.45) is 0 Å². The molecular formula is C15H10ClFN2O2. The first kappa shape index (κ1) is 13.6. The summed E-state index contributed by atoms with van der Waals surface area (Å²) in [6, 6.07) is 6.70. The molecule has 0 aliphatic carbocycles. The first-order chi connectivity index (χ1) is 9.94. The molecule has 0 fully saturated rings. The Bertz CT molecular complexity index is 769. The van der Waals surface area contributed by atoms with Crippen LogP contribution in [0.5, 0.6) is 0 Å². The third-order valence-electron chi connectivity index (χ3n) is 3.24. The smallest absolute Gasteiger partial charge is 0.228 e. The van der Waals surface area contributed by atoms with Gasteiger partial charge in [0.2, 0.25) is 5.91 Å². The number of fused-ring (bicyclic) bond motifs is 1. The molecule has 1 aliphatic heterocycles. The summed E-state index contributed by atoms with van der Waals surface area (Å²) in [4.78, 5) is 23.8. The van der Waals surface area contributed by atoms with E-state index in [1.165, 1.54) is 12.1 Å². The molecule has 21 heavy (non-hydrogen) atoms. The predicted octanol–water partition coefficient (Wildman–Crippen LogP) is 2.79. The molecule has 0 bridgehead atoms. The Hall–Kier alpha value is -2.40. The highest BCUT2D eigenvalue weighted by atomic mass is 35.5. The van der Waals surface area contributed by atoms with Gasteiger partial charge in [0, 0.05) is 22.5 Å². The highest BCUT2D eigenvalue weighted by Gasteiger charge is 2.22. The molecule has 0 unspecified atom stereocenters.